The van der Waals surface area contributed by atoms with Crippen LogP contribution in [0.25, 0.3) is 0 Å². The molecule has 3 atom stereocenters. The van der Waals surface area contributed by atoms with Gasteiger partial charge in [-0.1, -0.05) is 30.5 Å². The Labute approximate surface area is 202 Å². The molecule has 0 spiro atoms. The second-order valence-electron chi connectivity index (χ2n) is 9.49. The number of anilines is 1. The van der Waals surface area contributed by atoms with Gasteiger partial charge in [0.1, 0.15) is 0 Å². The SMILES string of the molecule is COc1cc([C@@H]2[C@@H]3CCCC[C@@]3(O)CCN2CC(=O)Nc2ccc(C)cc2)cc(OC)c1OC. The van der Waals surface area contributed by atoms with E-state index in [9.17, 15) is 9.90 Å². The summed E-state index contributed by atoms with van der Waals surface area (Å²) >= 11 is 0. The number of amides is 1. The number of rotatable bonds is 7. The molecular formula is C27H36N2O5. The highest BCUT2D eigenvalue weighted by Gasteiger charge is 2.49. The van der Waals surface area contributed by atoms with E-state index in [1.807, 2.05) is 43.3 Å². The van der Waals surface area contributed by atoms with Gasteiger partial charge in [-0.05, 0) is 56.0 Å². The van der Waals surface area contributed by atoms with E-state index in [1.54, 1.807) is 21.3 Å². The number of methoxy groups -OCH3 is 3. The highest BCUT2D eigenvalue weighted by molar-refractivity contribution is 5.92. The monoisotopic (exact) mass is 468 g/mol. The topological polar surface area (TPSA) is 80.3 Å². The van der Waals surface area contributed by atoms with Crippen LogP contribution in [-0.4, -0.2) is 55.9 Å². The minimum absolute atomic E-state index is 0.0185. The van der Waals surface area contributed by atoms with Gasteiger partial charge in [-0.3, -0.25) is 9.69 Å². The van der Waals surface area contributed by atoms with Crippen molar-refractivity contribution < 1.29 is 24.1 Å². The Morgan fingerprint density at radius 2 is 1.74 bits per heavy atom. The first kappa shape index (κ1) is 24.4. The fraction of sp³-hybridized carbons (Fsp3) is 0.519. The first-order valence-corrected chi connectivity index (χ1v) is 12.0. The fourth-order valence-electron chi connectivity index (χ4n) is 5.66. The van der Waals surface area contributed by atoms with E-state index in [0.717, 1.165) is 42.5 Å². The van der Waals surface area contributed by atoms with Crippen LogP contribution in [0.15, 0.2) is 36.4 Å². The molecule has 0 radical (unpaired) electrons. The zero-order valence-corrected chi connectivity index (χ0v) is 20.6. The number of carbonyl (C=O) groups is 1. The van der Waals surface area contributed by atoms with Crippen LogP contribution in [0.1, 0.15) is 49.3 Å². The number of nitrogens with zero attached hydrogens (tertiary/aromatic N) is 1. The van der Waals surface area contributed by atoms with Gasteiger partial charge < -0.3 is 24.6 Å². The number of piperidine rings is 1. The molecule has 2 N–H and O–H groups in total. The summed E-state index contributed by atoms with van der Waals surface area (Å²) in [7, 11) is 4.79. The molecule has 0 bridgehead atoms. The summed E-state index contributed by atoms with van der Waals surface area (Å²) in [6.45, 7) is 2.89. The van der Waals surface area contributed by atoms with Crippen molar-refractivity contribution in [3.63, 3.8) is 0 Å². The molecule has 0 unspecified atom stereocenters. The number of fused-ring (bicyclic) bond motifs is 1. The van der Waals surface area contributed by atoms with Gasteiger partial charge in [0.05, 0.1) is 33.5 Å². The normalized spacial score (nSPS) is 24.7. The summed E-state index contributed by atoms with van der Waals surface area (Å²) in [5.41, 5.74) is 2.16. The summed E-state index contributed by atoms with van der Waals surface area (Å²) in [6, 6.07) is 11.6. The molecule has 1 aliphatic carbocycles. The third kappa shape index (κ3) is 4.86. The average molecular weight is 469 g/mol. The third-order valence-corrected chi connectivity index (χ3v) is 7.38. The molecule has 1 heterocycles. The molecule has 2 aromatic rings. The smallest absolute Gasteiger partial charge is 0.238 e. The molecule has 0 aromatic heterocycles. The van der Waals surface area contributed by atoms with Crippen LogP contribution < -0.4 is 19.5 Å². The lowest BCUT2D eigenvalue weighted by Crippen LogP contribution is -2.56. The molecule has 2 aromatic carbocycles. The number of carbonyl (C=O) groups excluding carboxylic acids is 1. The Bertz CT molecular complexity index is 984. The standard InChI is InChI=1S/C27H36N2O5/c1-18-8-10-20(11-9-18)28-24(30)17-29-14-13-27(31)12-6-5-7-21(27)25(29)19-15-22(32-2)26(34-4)23(16-19)33-3/h8-11,15-16,21,25,31H,5-7,12-14,17H2,1-4H3,(H,28,30)/t21-,25+,27+/m0/s1. The number of nitrogens with one attached hydrogen (secondary N) is 1. The molecule has 7 heteroatoms. The minimum atomic E-state index is -0.729. The molecule has 184 valence electrons. The summed E-state index contributed by atoms with van der Waals surface area (Å²) in [4.78, 5) is 15.2. The average Bonchev–Trinajstić information content (AvgIpc) is 2.84. The van der Waals surface area contributed by atoms with E-state index >= 15 is 0 Å². The van der Waals surface area contributed by atoms with Crippen molar-refractivity contribution in [2.45, 2.75) is 50.7 Å². The molecule has 2 fully saturated rings. The van der Waals surface area contributed by atoms with Crippen molar-refractivity contribution >= 4 is 11.6 Å². The van der Waals surface area contributed by atoms with Crippen molar-refractivity contribution in [1.29, 1.82) is 0 Å². The van der Waals surface area contributed by atoms with Gasteiger partial charge in [0.15, 0.2) is 11.5 Å². The third-order valence-electron chi connectivity index (χ3n) is 7.38. The Morgan fingerprint density at radius 3 is 2.35 bits per heavy atom. The minimum Gasteiger partial charge on any atom is -0.493 e. The van der Waals surface area contributed by atoms with Crippen molar-refractivity contribution in [3.05, 3.63) is 47.5 Å². The van der Waals surface area contributed by atoms with Crippen LogP contribution in [0.4, 0.5) is 5.69 Å². The second-order valence-corrected chi connectivity index (χ2v) is 9.49. The molecule has 1 saturated carbocycles. The van der Waals surface area contributed by atoms with E-state index < -0.39 is 5.60 Å². The maximum Gasteiger partial charge on any atom is 0.238 e. The first-order valence-electron chi connectivity index (χ1n) is 12.0. The first-order chi connectivity index (χ1) is 16.4. The predicted octanol–water partition coefficient (Wildman–Crippen LogP) is 4.33. The predicted molar refractivity (Wildman–Crippen MR) is 132 cm³/mol. The number of ether oxygens (including phenoxy) is 3. The number of hydrogen-bond acceptors (Lipinski definition) is 6. The maximum atomic E-state index is 13.0. The molecule has 1 aliphatic heterocycles. The van der Waals surface area contributed by atoms with Crippen LogP contribution in [0, 0.1) is 12.8 Å². The lowest BCUT2D eigenvalue weighted by Gasteiger charge is -2.52. The van der Waals surface area contributed by atoms with Crippen LogP contribution in [-0.2, 0) is 4.79 Å². The van der Waals surface area contributed by atoms with Crippen molar-refractivity contribution in [1.82, 2.24) is 4.90 Å². The molecule has 4 rings (SSSR count). The van der Waals surface area contributed by atoms with Gasteiger partial charge in [-0.15, -0.1) is 0 Å². The summed E-state index contributed by atoms with van der Waals surface area (Å²) < 4.78 is 16.7. The van der Waals surface area contributed by atoms with E-state index in [2.05, 4.69) is 10.2 Å². The molecule has 1 amide bonds. The van der Waals surface area contributed by atoms with Gasteiger partial charge in [-0.2, -0.15) is 0 Å². The highest BCUT2D eigenvalue weighted by atomic mass is 16.5. The maximum absolute atomic E-state index is 13.0. The molecule has 2 aliphatic rings. The zero-order chi connectivity index (χ0) is 24.3. The number of hydrogen-bond donors (Lipinski definition) is 2. The summed E-state index contributed by atoms with van der Waals surface area (Å²) in [5, 5.41) is 14.6. The Hall–Kier alpha value is -2.77. The summed E-state index contributed by atoms with van der Waals surface area (Å²) in [6.07, 6.45) is 4.46. The van der Waals surface area contributed by atoms with Crippen molar-refractivity contribution in [3.8, 4) is 17.2 Å². The summed E-state index contributed by atoms with van der Waals surface area (Å²) in [5.74, 6) is 1.64. The number of likely N-dealkylation sites (tertiary alicyclic amines) is 1. The number of benzene rings is 2. The van der Waals surface area contributed by atoms with Crippen LogP contribution in [0.2, 0.25) is 0 Å². The Morgan fingerprint density at radius 1 is 1.06 bits per heavy atom. The van der Waals surface area contributed by atoms with E-state index in [4.69, 9.17) is 14.2 Å². The van der Waals surface area contributed by atoms with Gasteiger partial charge in [0.2, 0.25) is 11.7 Å². The zero-order valence-electron chi connectivity index (χ0n) is 20.6. The van der Waals surface area contributed by atoms with Gasteiger partial charge in [-0.25, -0.2) is 0 Å². The van der Waals surface area contributed by atoms with E-state index in [1.165, 1.54) is 0 Å². The lowest BCUT2D eigenvalue weighted by molar-refractivity contribution is -0.135. The second kappa shape index (κ2) is 10.2. The quantitative estimate of drug-likeness (QED) is 0.630. The molecule has 1 saturated heterocycles. The van der Waals surface area contributed by atoms with Gasteiger partial charge in [0.25, 0.3) is 0 Å². The van der Waals surface area contributed by atoms with Gasteiger partial charge >= 0.3 is 0 Å². The van der Waals surface area contributed by atoms with Crippen molar-refractivity contribution in [2.75, 3.05) is 39.7 Å². The molecule has 34 heavy (non-hydrogen) atoms. The lowest BCUT2D eigenvalue weighted by atomic mass is 9.66. The number of aliphatic hydroxyl groups is 1. The van der Waals surface area contributed by atoms with Crippen LogP contribution in [0.5, 0.6) is 17.2 Å². The highest BCUT2D eigenvalue weighted by Crippen LogP contribution is 2.51. The largest absolute Gasteiger partial charge is 0.493 e. The Kier molecular flexibility index (Phi) is 7.33. The Balaban J connectivity index is 1.67. The van der Waals surface area contributed by atoms with E-state index in [0.29, 0.717) is 30.2 Å². The number of aryl methyl sites for hydroxylation is 1. The van der Waals surface area contributed by atoms with Crippen molar-refractivity contribution in [2.24, 2.45) is 5.92 Å². The van der Waals surface area contributed by atoms with E-state index in [-0.39, 0.29) is 24.4 Å². The molecular weight excluding hydrogens is 432 g/mol. The van der Waals surface area contributed by atoms with Crippen LogP contribution in [0.3, 0.4) is 0 Å². The van der Waals surface area contributed by atoms with Crippen LogP contribution >= 0.6 is 0 Å². The fourth-order valence-corrected chi connectivity index (χ4v) is 5.66. The molecule has 7 nitrogen and oxygen atoms in total. The van der Waals surface area contributed by atoms with Gasteiger partial charge in [0, 0.05) is 24.2 Å².